The molecule has 1 aliphatic rings. The van der Waals surface area contributed by atoms with Crippen LogP contribution >= 0.6 is 0 Å². The van der Waals surface area contributed by atoms with Crippen molar-refractivity contribution in [3.05, 3.63) is 53.9 Å². The van der Waals surface area contributed by atoms with Gasteiger partial charge >= 0.3 is 0 Å². The fourth-order valence-corrected chi connectivity index (χ4v) is 2.58. The van der Waals surface area contributed by atoms with Gasteiger partial charge in [0, 0.05) is 32.0 Å². The van der Waals surface area contributed by atoms with Crippen LogP contribution < -0.4 is 10.6 Å². The first kappa shape index (κ1) is 12.9. The normalized spacial score (nSPS) is 17.5. The predicted molar refractivity (Wildman–Crippen MR) is 76.1 cm³/mol. The first-order valence-electron chi connectivity index (χ1n) is 6.88. The lowest BCUT2D eigenvalue weighted by Crippen LogP contribution is -2.39. The van der Waals surface area contributed by atoms with E-state index < -0.39 is 0 Å². The van der Waals surface area contributed by atoms with Crippen LogP contribution in [0.4, 0.5) is 0 Å². The monoisotopic (exact) mass is 270 g/mol. The number of hydrogen-bond donors (Lipinski definition) is 2. The number of carbonyl (C=O) groups is 1. The molecule has 1 aromatic carbocycles. The molecule has 0 spiro atoms. The molecule has 1 aliphatic heterocycles. The van der Waals surface area contributed by atoms with Crippen molar-refractivity contribution in [1.82, 2.24) is 20.4 Å². The van der Waals surface area contributed by atoms with E-state index in [1.165, 1.54) is 5.56 Å². The second-order valence-electron chi connectivity index (χ2n) is 4.94. The van der Waals surface area contributed by atoms with Crippen molar-refractivity contribution in [2.75, 3.05) is 13.1 Å². The zero-order valence-corrected chi connectivity index (χ0v) is 11.2. The topological polar surface area (TPSA) is 59.0 Å². The molecular formula is C15H18N4O. The summed E-state index contributed by atoms with van der Waals surface area (Å²) in [6, 6.07) is 10.0. The Morgan fingerprint density at radius 3 is 3.15 bits per heavy atom. The third-order valence-electron chi connectivity index (χ3n) is 3.61. The van der Waals surface area contributed by atoms with Crippen LogP contribution in [0.3, 0.4) is 0 Å². The number of benzene rings is 1. The van der Waals surface area contributed by atoms with Crippen LogP contribution in [0.15, 0.2) is 42.7 Å². The van der Waals surface area contributed by atoms with Gasteiger partial charge in [-0.25, -0.2) is 0 Å². The molecule has 2 heterocycles. The molecule has 0 aliphatic carbocycles. The summed E-state index contributed by atoms with van der Waals surface area (Å²) < 4.78 is 1.81. The highest BCUT2D eigenvalue weighted by Gasteiger charge is 2.25. The molecule has 104 valence electrons. The van der Waals surface area contributed by atoms with Gasteiger partial charge in [0.2, 0.25) is 5.91 Å². The summed E-state index contributed by atoms with van der Waals surface area (Å²) in [4.78, 5) is 12.3. The molecule has 0 fully saturated rings. The smallest absolute Gasteiger partial charge is 0.228 e. The molecule has 0 bridgehead atoms. The summed E-state index contributed by atoms with van der Waals surface area (Å²) in [5.74, 6) is -0.0191. The van der Waals surface area contributed by atoms with Gasteiger partial charge in [-0.05, 0) is 17.2 Å². The Morgan fingerprint density at radius 2 is 2.30 bits per heavy atom. The van der Waals surface area contributed by atoms with Crippen molar-refractivity contribution in [1.29, 1.82) is 0 Å². The van der Waals surface area contributed by atoms with Gasteiger partial charge in [0.1, 0.15) is 0 Å². The minimum Gasteiger partial charge on any atom is -0.354 e. The molecule has 0 radical (unpaired) electrons. The molecule has 5 heteroatoms. The van der Waals surface area contributed by atoms with E-state index in [9.17, 15) is 4.79 Å². The van der Waals surface area contributed by atoms with E-state index in [4.69, 9.17) is 0 Å². The van der Waals surface area contributed by atoms with Gasteiger partial charge in [0.05, 0.1) is 12.5 Å². The maximum Gasteiger partial charge on any atom is 0.228 e. The minimum absolute atomic E-state index is 0.0804. The van der Waals surface area contributed by atoms with E-state index in [1.54, 1.807) is 6.20 Å². The Kier molecular flexibility index (Phi) is 3.78. The van der Waals surface area contributed by atoms with E-state index in [0.717, 1.165) is 12.1 Å². The molecule has 0 saturated carbocycles. The van der Waals surface area contributed by atoms with Gasteiger partial charge in [-0.15, -0.1) is 0 Å². The molecule has 1 unspecified atom stereocenters. The lowest BCUT2D eigenvalue weighted by Gasteiger charge is -2.25. The van der Waals surface area contributed by atoms with Gasteiger partial charge in [-0.1, -0.05) is 24.3 Å². The first-order chi connectivity index (χ1) is 9.84. The van der Waals surface area contributed by atoms with E-state index in [1.807, 2.05) is 35.1 Å². The number of carbonyl (C=O) groups excluding carboxylic acids is 1. The Balaban J connectivity index is 1.60. The van der Waals surface area contributed by atoms with Gasteiger partial charge in [-0.2, -0.15) is 5.10 Å². The standard InChI is InChI=1S/C15H18N4O/c20-15(17-7-9-19-8-3-6-18-19)14-11-16-10-12-4-1-2-5-13(12)14/h1-6,8,14,16H,7,9-11H2,(H,17,20). The average molecular weight is 270 g/mol. The van der Waals surface area contributed by atoms with Crippen LogP contribution in [0.25, 0.3) is 0 Å². The summed E-state index contributed by atoms with van der Waals surface area (Å²) in [7, 11) is 0. The highest BCUT2D eigenvalue weighted by molar-refractivity contribution is 5.84. The van der Waals surface area contributed by atoms with Crippen LogP contribution in [-0.4, -0.2) is 28.8 Å². The maximum atomic E-state index is 12.3. The third-order valence-corrected chi connectivity index (χ3v) is 3.61. The molecule has 5 nitrogen and oxygen atoms in total. The van der Waals surface area contributed by atoms with Crippen molar-refractivity contribution in [3.63, 3.8) is 0 Å². The van der Waals surface area contributed by atoms with Crippen molar-refractivity contribution in [2.45, 2.75) is 19.0 Å². The summed E-state index contributed by atoms with van der Waals surface area (Å²) in [6.45, 7) is 2.83. The third kappa shape index (κ3) is 2.72. The zero-order chi connectivity index (χ0) is 13.8. The molecule has 1 amide bonds. The molecule has 0 saturated heterocycles. The number of hydrogen-bond acceptors (Lipinski definition) is 3. The lowest BCUT2D eigenvalue weighted by molar-refractivity contribution is -0.122. The summed E-state index contributed by atoms with van der Waals surface area (Å²) in [5, 5.41) is 10.4. The Bertz CT molecular complexity index is 579. The predicted octanol–water partition coefficient (Wildman–Crippen LogP) is 0.886. The average Bonchev–Trinajstić information content (AvgIpc) is 3.00. The quantitative estimate of drug-likeness (QED) is 0.867. The molecule has 2 N–H and O–H groups in total. The Hall–Kier alpha value is -2.14. The minimum atomic E-state index is -0.0995. The fraction of sp³-hybridized carbons (Fsp3) is 0.333. The number of nitrogens with zero attached hydrogens (tertiary/aromatic N) is 2. The number of rotatable bonds is 4. The van der Waals surface area contributed by atoms with Crippen LogP contribution in [0, 0.1) is 0 Å². The van der Waals surface area contributed by atoms with E-state index in [0.29, 0.717) is 19.6 Å². The SMILES string of the molecule is O=C(NCCn1cccn1)C1CNCc2ccccc21. The highest BCUT2D eigenvalue weighted by Crippen LogP contribution is 2.23. The highest BCUT2D eigenvalue weighted by atomic mass is 16.1. The second kappa shape index (κ2) is 5.88. The Labute approximate surface area is 118 Å². The van der Waals surface area contributed by atoms with Gasteiger partial charge in [0.15, 0.2) is 0 Å². The van der Waals surface area contributed by atoms with Crippen molar-refractivity contribution in [3.8, 4) is 0 Å². The van der Waals surface area contributed by atoms with Crippen LogP contribution in [0.5, 0.6) is 0 Å². The number of fused-ring (bicyclic) bond motifs is 1. The van der Waals surface area contributed by atoms with Gasteiger partial charge in [0.25, 0.3) is 0 Å². The van der Waals surface area contributed by atoms with Crippen molar-refractivity contribution >= 4 is 5.91 Å². The fourth-order valence-electron chi connectivity index (χ4n) is 2.58. The van der Waals surface area contributed by atoms with Gasteiger partial charge < -0.3 is 10.6 Å². The second-order valence-corrected chi connectivity index (χ2v) is 4.94. The molecule has 3 rings (SSSR count). The van der Waals surface area contributed by atoms with E-state index >= 15 is 0 Å². The molecule has 1 atom stereocenters. The van der Waals surface area contributed by atoms with Crippen molar-refractivity contribution < 1.29 is 4.79 Å². The molecule has 20 heavy (non-hydrogen) atoms. The van der Waals surface area contributed by atoms with Crippen LogP contribution in [-0.2, 0) is 17.9 Å². The van der Waals surface area contributed by atoms with Crippen LogP contribution in [0.2, 0.25) is 0 Å². The summed E-state index contributed by atoms with van der Waals surface area (Å²) in [5.41, 5.74) is 2.36. The number of aromatic nitrogens is 2. The van der Waals surface area contributed by atoms with Crippen LogP contribution in [0.1, 0.15) is 17.0 Å². The lowest BCUT2D eigenvalue weighted by atomic mass is 9.90. The largest absolute Gasteiger partial charge is 0.354 e. The molecular weight excluding hydrogens is 252 g/mol. The summed E-state index contributed by atoms with van der Waals surface area (Å²) in [6.07, 6.45) is 3.63. The van der Waals surface area contributed by atoms with Crippen molar-refractivity contribution in [2.24, 2.45) is 0 Å². The zero-order valence-electron chi connectivity index (χ0n) is 11.2. The Morgan fingerprint density at radius 1 is 1.40 bits per heavy atom. The first-order valence-corrected chi connectivity index (χ1v) is 6.88. The number of nitrogens with one attached hydrogen (secondary N) is 2. The molecule has 2 aromatic rings. The van der Waals surface area contributed by atoms with Gasteiger partial charge in [-0.3, -0.25) is 9.48 Å². The van der Waals surface area contributed by atoms with E-state index in [2.05, 4.69) is 21.8 Å². The number of amides is 1. The summed E-state index contributed by atoms with van der Waals surface area (Å²) >= 11 is 0. The van der Waals surface area contributed by atoms with E-state index in [-0.39, 0.29) is 11.8 Å². The maximum absolute atomic E-state index is 12.3. The molecule has 1 aromatic heterocycles.